The van der Waals surface area contributed by atoms with Gasteiger partial charge < -0.3 is 9.80 Å². The molecule has 6 aromatic rings. The van der Waals surface area contributed by atoms with E-state index >= 15 is 0 Å². The maximum Gasteiger partial charge on any atom is 0.200 e. The number of allylic oxidation sites excluding steroid dienone is 8. The lowest BCUT2D eigenvalue weighted by molar-refractivity contribution is 0.379. The van der Waals surface area contributed by atoms with Crippen LogP contribution in [0.2, 0.25) is 11.6 Å². The summed E-state index contributed by atoms with van der Waals surface area (Å²) in [6.07, 6.45) is 21.1. The molecular formula is C58H43BN2. The monoisotopic (exact) mass is 778 g/mol. The van der Waals surface area contributed by atoms with Crippen molar-refractivity contribution >= 4 is 23.6 Å². The normalized spacial score (nSPS) is 27.0. The molecule has 5 unspecified atom stereocenters. The summed E-state index contributed by atoms with van der Waals surface area (Å²) in [5.74, 6) is 0.710. The van der Waals surface area contributed by atoms with Gasteiger partial charge >= 0.3 is 0 Å². The van der Waals surface area contributed by atoms with E-state index in [1.165, 1.54) is 95.0 Å². The number of para-hydroxylation sites is 2. The Labute approximate surface area is 358 Å². The van der Waals surface area contributed by atoms with Crippen LogP contribution in [0.1, 0.15) is 53.6 Å². The molecular weight excluding hydrogens is 735 g/mol. The van der Waals surface area contributed by atoms with E-state index in [0.29, 0.717) is 0 Å². The molecule has 0 N–H and O–H groups in total. The molecule has 6 aromatic carbocycles. The van der Waals surface area contributed by atoms with E-state index in [1.54, 1.807) is 0 Å². The molecule has 5 aliphatic carbocycles. The van der Waals surface area contributed by atoms with Crippen LogP contribution in [0.15, 0.2) is 211 Å². The Hall–Kier alpha value is -6.58. The molecule has 1 fully saturated rings. The third-order valence-electron chi connectivity index (χ3n) is 16.9. The van der Waals surface area contributed by atoms with Crippen molar-refractivity contribution in [3.05, 3.63) is 244 Å². The first-order valence-electron chi connectivity index (χ1n) is 22.5. The summed E-state index contributed by atoms with van der Waals surface area (Å²) < 4.78 is 0. The third kappa shape index (κ3) is 3.52. The average Bonchev–Trinajstić information content (AvgIpc) is 3.76. The molecule has 9 aliphatic rings. The van der Waals surface area contributed by atoms with Crippen LogP contribution in [0.25, 0.3) is 22.3 Å². The van der Waals surface area contributed by atoms with E-state index in [-0.39, 0.29) is 41.3 Å². The highest BCUT2D eigenvalue weighted by Crippen LogP contribution is 2.71. The van der Waals surface area contributed by atoms with Gasteiger partial charge in [-0.2, -0.15) is 0 Å². The zero-order valence-corrected chi connectivity index (χ0v) is 34.4. The topological polar surface area (TPSA) is 6.48 Å². The Morgan fingerprint density at radius 2 is 1.21 bits per heavy atom. The Kier molecular flexibility index (Phi) is 5.99. The predicted octanol–water partition coefficient (Wildman–Crippen LogP) is 12.1. The fourth-order valence-electron chi connectivity index (χ4n) is 15.3. The van der Waals surface area contributed by atoms with Gasteiger partial charge in [0.25, 0.3) is 0 Å². The summed E-state index contributed by atoms with van der Waals surface area (Å²) in [6.45, 7) is 5.20. The number of fused-ring (bicyclic) bond motifs is 22. The van der Waals surface area contributed by atoms with Crippen LogP contribution < -0.4 is 15.3 Å². The number of benzene rings is 6. The summed E-state index contributed by atoms with van der Waals surface area (Å²) in [4.78, 5) is 5.72. The molecule has 0 bridgehead atoms. The summed E-state index contributed by atoms with van der Waals surface area (Å²) >= 11 is 0. The first-order chi connectivity index (χ1) is 30.1. The fraction of sp³-hybridized carbons (Fsp3) is 0.172. The van der Waals surface area contributed by atoms with Crippen LogP contribution in [0.4, 0.5) is 11.4 Å². The molecule has 0 saturated carbocycles. The molecule has 288 valence electrons. The van der Waals surface area contributed by atoms with Gasteiger partial charge in [0, 0.05) is 34.5 Å². The van der Waals surface area contributed by atoms with Gasteiger partial charge in [-0.25, -0.2) is 0 Å². The fourth-order valence-corrected chi connectivity index (χ4v) is 15.3. The molecule has 3 heteroatoms. The second-order valence-electron chi connectivity index (χ2n) is 19.2. The first kappa shape index (κ1) is 33.2. The Bertz CT molecular complexity index is 3140. The molecule has 2 nitrogen and oxygen atoms in total. The van der Waals surface area contributed by atoms with Crippen molar-refractivity contribution in [2.75, 3.05) is 9.80 Å². The second-order valence-corrected chi connectivity index (χ2v) is 19.2. The quantitative estimate of drug-likeness (QED) is 0.142. The number of anilines is 2. The summed E-state index contributed by atoms with van der Waals surface area (Å²) in [6, 6.07) is 54.4. The molecule has 4 aliphatic heterocycles. The number of nitrogens with zero attached hydrogens (tertiary/aromatic N) is 2. The Morgan fingerprint density at radius 1 is 0.607 bits per heavy atom. The molecule has 5 atom stereocenters. The van der Waals surface area contributed by atoms with E-state index in [4.69, 9.17) is 0 Å². The lowest BCUT2D eigenvalue weighted by Crippen LogP contribution is -2.73. The van der Waals surface area contributed by atoms with Crippen molar-refractivity contribution in [2.24, 2.45) is 5.92 Å². The van der Waals surface area contributed by atoms with Crippen molar-refractivity contribution in [2.45, 2.75) is 54.3 Å². The maximum absolute atomic E-state index is 2.92. The van der Waals surface area contributed by atoms with Crippen LogP contribution in [0.3, 0.4) is 0 Å². The minimum Gasteiger partial charge on any atom is -0.356 e. The van der Waals surface area contributed by atoms with Gasteiger partial charge in [-0.05, 0) is 106 Å². The molecule has 1 saturated heterocycles. The highest BCUT2D eigenvalue weighted by molar-refractivity contribution is 6.80. The van der Waals surface area contributed by atoms with Crippen molar-refractivity contribution in [3.8, 4) is 22.3 Å². The molecule has 4 heterocycles. The SMILES string of the molecule is CC1=CC2(C)C3B(c4cccc5c4N(C4=CC=CCC4C54c5ccccc5-c5ccccc54)C3=C1)C1C=CC=C3C1N2c1ccccc1C31c2ccccc2-c2ccccc21. The molecule has 0 amide bonds. The van der Waals surface area contributed by atoms with E-state index in [2.05, 4.69) is 212 Å². The van der Waals surface area contributed by atoms with Crippen molar-refractivity contribution in [1.82, 2.24) is 0 Å². The summed E-state index contributed by atoms with van der Waals surface area (Å²) in [5.41, 5.74) is 23.2. The zero-order chi connectivity index (χ0) is 40.0. The van der Waals surface area contributed by atoms with Crippen LogP contribution in [0, 0.1) is 5.92 Å². The molecule has 0 radical (unpaired) electrons. The average molecular weight is 779 g/mol. The van der Waals surface area contributed by atoms with E-state index < -0.39 is 5.41 Å². The number of hydrogen-bond acceptors (Lipinski definition) is 2. The molecule has 15 rings (SSSR count). The minimum absolute atomic E-state index is 0.145. The van der Waals surface area contributed by atoms with Gasteiger partial charge in [-0.3, -0.25) is 0 Å². The van der Waals surface area contributed by atoms with E-state index in [0.717, 1.165) is 6.42 Å². The molecule has 61 heavy (non-hydrogen) atoms. The van der Waals surface area contributed by atoms with Crippen molar-refractivity contribution < 1.29 is 0 Å². The third-order valence-corrected chi connectivity index (χ3v) is 16.9. The van der Waals surface area contributed by atoms with Crippen LogP contribution in [0.5, 0.6) is 0 Å². The highest BCUT2D eigenvalue weighted by Gasteiger charge is 2.69. The lowest BCUT2D eigenvalue weighted by atomic mass is 9.21. The smallest absolute Gasteiger partial charge is 0.200 e. The predicted molar refractivity (Wildman–Crippen MR) is 251 cm³/mol. The Balaban J connectivity index is 1.05. The van der Waals surface area contributed by atoms with Gasteiger partial charge in [0.2, 0.25) is 6.71 Å². The lowest BCUT2D eigenvalue weighted by Gasteiger charge is -2.68. The van der Waals surface area contributed by atoms with Gasteiger partial charge in [0.15, 0.2) is 0 Å². The first-order valence-corrected chi connectivity index (χ1v) is 22.5. The largest absolute Gasteiger partial charge is 0.356 e. The van der Waals surface area contributed by atoms with Crippen molar-refractivity contribution in [1.29, 1.82) is 0 Å². The molecule has 2 spiro atoms. The molecule has 0 aromatic heterocycles. The Morgan fingerprint density at radius 3 is 1.92 bits per heavy atom. The second kappa shape index (κ2) is 11.0. The highest BCUT2D eigenvalue weighted by atomic mass is 15.3. The maximum atomic E-state index is 2.92. The number of rotatable bonds is 0. The van der Waals surface area contributed by atoms with E-state index in [1.807, 2.05) is 0 Å². The standard InChI is InChI=1S/C58H43BN2/c1-35-33-52-55-56(2,34-35)61-51-32-14-12-26-45(51)58(42-23-9-5-19-38(42)39-20-6-10-24-43(39)58)47-28-16-30-49(54(47)61)59(55)48-29-15-27-46-53(48)60(52)50-31-13-11-25-44(50)57(46)40-21-7-3-17-36(40)37-18-4-8-22-41(37)57/h3-24,26-34,44,49,54-55H,25H2,1-2H3. The zero-order valence-electron chi connectivity index (χ0n) is 34.4. The van der Waals surface area contributed by atoms with Gasteiger partial charge in [0.05, 0.1) is 22.4 Å². The van der Waals surface area contributed by atoms with Gasteiger partial charge in [-0.1, -0.05) is 181 Å². The van der Waals surface area contributed by atoms with Gasteiger partial charge in [0.1, 0.15) is 0 Å². The van der Waals surface area contributed by atoms with Crippen LogP contribution in [-0.4, -0.2) is 18.3 Å². The van der Waals surface area contributed by atoms with Gasteiger partial charge in [-0.15, -0.1) is 0 Å². The van der Waals surface area contributed by atoms with Crippen LogP contribution >= 0.6 is 0 Å². The van der Waals surface area contributed by atoms with Crippen LogP contribution in [-0.2, 0) is 10.8 Å². The van der Waals surface area contributed by atoms with Crippen molar-refractivity contribution in [3.63, 3.8) is 0 Å². The minimum atomic E-state index is -0.395. The summed E-state index contributed by atoms with van der Waals surface area (Å²) in [5, 5.41) is 0. The summed E-state index contributed by atoms with van der Waals surface area (Å²) in [7, 11) is 0. The van der Waals surface area contributed by atoms with E-state index in [9.17, 15) is 0 Å². The number of hydrogen-bond donors (Lipinski definition) is 0.